The minimum atomic E-state index is -0.255. The molecule has 21 heavy (non-hydrogen) atoms. The van der Waals surface area contributed by atoms with Crippen molar-refractivity contribution in [1.29, 1.82) is 0 Å². The normalized spacial score (nSPS) is 18.3. The van der Waals surface area contributed by atoms with E-state index in [0.717, 1.165) is 5.39 Å². The third-order valence-corrected chi connectivity index (χ3v) is 3.81. The molecular weight excluding hydrogens is 290 g/mol. The zero-order valence-corrected chi connectivity index (χ0v) is 12.2. The summed E-state index contributed by atoms with van der Waals surface area (Å²) in [4.78, 5) is 29.8. The lowest BCUT2D eigenvalue weighted by Crippen LogP contribution is -2.36. The largest absolute Gasteiger partial charge is 0.347 e. The summed E-state index contributed by atoms with van der Waals surface area (Å²) in [7, 11) is 1.73. The standard InChI is InChI=1S/C15H14ClN3O2/c1-19-8-11(7-13(19)20)18-15(21)12-6-10(16)5-9-3-2-4-17-14(9)12/h2-6,11H,7-8H2,1H3,(H,18,21). The Hall–Kier alpha value is -2.14. The van der Waals surface area contributed by atoms with Crippen molar-refractivity contribution in [3.8, 4) is 0 Å². The van der Waals surface area contributed by atoms with Gasteiger partial charge in [0.05, 0.1) is 17.1 Å². The van der Waals surface area contributed by atoms with Crippen LogP contribution in [0.4, 0.5) is 0 Å². The number of aromatic nitrogens is 1. The highest BCUT2D eigenvalue weighted by Crippen LogP contribution is 2.22. The summed E-state index contributed by atoms with van der Waals surface area (Å²) < 4.78 is 0. The quantitative estimate of drug-likeness (QED) is 0.921. The van der Waals surface area contributed by atoms with E-state index >= 15 is 0 Å². The molecular formula is C15H14ClN3O2. The number of likely N-dealkylation sites (N-methyl/N-ethyl adjacent to an activating group) is 1. The van der Waals surface area contributed by atoms with Gasteiger partial charge in [0.1, 0.15) is 0 Å². The molecule has 1 aromatic heterocycles. The van der Waals surface area contributed by atoms with E-state index in [9.17, 15) is 9.59 Å². The van der Waals surface area contributed by atoms with Crippen molar-refractivity contribution < 1.29 is 9.59 Å². The minimum Gasteiger partial charge on any atom is -0.347 e. The predicted octanol–water partition coefficient (Wildman–Crippen LogP) is 1.85. The summed E-state index contributed by atoms with van der Waals surface area (Å²) >= 11 is 6.06. The average Bonchev–Trinajstić information content (AvgIpc) is 2.76. The molecule has 1 aliphatic rings. The second kappa shape index (κ2) is 5.33. The molecule has 1 atom stereocenters. The zero-order chi connectivity index (χ0) is 15.0. The van der Waals surface area contributed by atoms with E-state index in [1.54, 1.807) is 36.3 Å². The number of carbonyl (C=O) groups excluding carboxylic acids is 2. The fourth-order valence-electron chi connectivity index (χ4n) is 2.55. The molecule has 0 saturated carbocycles. The average molecular weight is 304 g/mol. The van der Waals surface area contributed by atoms with Gasteiger partial charge in [0.25, 0.3) is 5.91 Å². The molecule has 1 N–H and O–H groups in total. The summed E-state index contributed by atoms with van der Waals surface area (Å²) in [6, 6.07) is 6.86. The van der Waals surface area contributed by atoms with Gasteiger partial charge in [-0.05, 0) is 18.2 Å². The highest BCUT2D eigenvalue weighted by molar-refractivity contribution is 6.32. The van der Waals surface area contributed by atoms with Crippen LogP contribution in [0.15, 0.2) is 30.5 Å². The van der Waals surface area contributed by atoms with Crippen LogP contribution in [0.1, 0.15) is 16.8 Å². The second-order valence-corrected chi connectivity index (χ2v) is 5.61. The van der Waals surface area contributed by atoms with Crippen LogP contribution in [0.5, 0.6) is 0 Å². The van der Waals surface area contributed by atoms with E-state index < -0.39 is 0 Å². The van der Waals surface area contributed by atoms with Crippen LogP contribution in [0.2, 0.25) is 5.02 Å². The van der Waals surface area contributed by atoms with Gasteiger partial charge in [-0.15, -0.1) is 0 Å². The molecule has 108 valence electrons. The van der Waals surface area contributed by atoms with Gasteiger partial charge in [0.15, 0.2) is 0 Å². The summed E-state index contributed by atoms with van der Waals surface area (Å²) in [5.74, 6) is -0.219. The van der Waals surface area contributed by atoms with Crippen LogP contribution >= 0.6 is 11.6 Å². The number of rotatable bonds is 2. The lowest BCUT2D eigenvalue weighted by atomic mass is 10.1. The summed E-state index contributed by atoms with van der Waals surface area (Å²) in [6.07, 6.45) is 1.97. The van der Waals surface area contributed by atoms with Crippen LogP contribution in [0, 0.1) is 0 Å². The fraction of sp³-hybridized carbons (Fsp3) is 0.267. The number of benzene rings is 1. The molecule has 1 unspecified atom stereocenters. The fourth-order valence-corrected chi connectivity index (χ4v) is 2.78. The number of pyridine rings is 1. The van der Waals surface area contributed by atoms with Crippen LogP contribution in [0.25, 0.3) is 10.9 Å². The Morgan fingerprint density at radius 3 is 3.00 bits per heavy atom. The Bertz CT molecular complexity index is 732. The van der Waals surface area contributed by atoms with Crippen molar-refractivity contribution in [2.75, 3.05) is 13.6 Å². The van der Waals surface area contributed by atoms with Gasteiger partial charge >= 0.3 is 0 Å². The molecule has 1 saturated heterocycles. The first kappa shape index (κ1) is 13.8. The van der Waals surface area contributed by atoms with Crippen LogP contribution in [-0.2, 0) is 4.79 Å². The SMILES string of the molecule is CN1CC(NC(=O)c2cc(Cl)cc3cccnc23)CC1=O. The van der Waals surface area contributed by atoms with Crippen LogP contribution in [-0.4, -0.2) is 41.3 Å². The number of hydrogen-bond donors (Lipinski definition) is 1. The number of fused-ring (bicyclic) bond motifs is 1. The molecule has 0 bridgehead atoms. The zero-order valence-electron chi connectivity index (χ0n) is 11.5. The summed E-state index contributed by atoms with van der Waals surface area (Å²) in [5.41, 5.74) is 1.04. The van der Waals surface area contributed by atoms with Gasteiger partial charge in [0.2, 0.25) is 5.91 Å². The molecule has 0 spiro atoms. The lowest BCUT2D eigenvalue weighted by Gasteiger charge is -2.13. The maximum atomic E-state index is 12.4. The van der Waals surface area contributed by atoms with Crippen LogP contribution in [0.3, 0.4) is 0 Å². The smallest absolute Gasteiger partial charge is 0.253 e. The molecule has 2 amide bonds. The van der Waals surface area contributed by atoms with Crippen molar-refractivity contribution in [2.45, 2.75) is 12.5 Å². The number of likely N-dealkylation sites (tertiary alicyclic amines) is 1. The number of nitrogens with one attached hydrogen (secondary N) is 1. The molecule has 1 aromatic carbocycles. The first-order valence-electron chi connectivity index (χ1n) is 6.63. The third-order valence-electron chi connectivity index (χ3n) is 3.59. The molecule has 1 aliphatic heterocycles. The summed E-state index contributed by atoms with van der Waals surface area (Å²) in [5, 5.41) is 4.18. The van der Waals surface area contributed by atoms with E-state index in [4.69, 9.17) is 11.6 Å². The Kier molecular flexibility index (Phi) is 3.51. The highest BCUT2D eigenvalue weighted by Gasteiger charge is 2.28. The molecule has 1 fully saturated rings. The number of hydrogen-bond acceptors (Lipinski definition) is 3. The second-order valence-electron chi connectivity index (χ2n) is 5.18. The predicted molar refractivity (Wildman–Crippen MR) is 80.3 cm³/mol. The molecule has 0 aliphatic carbocycles. The van der Waals surface area contributed by atoms with Gasteiger partial charge in [-0.25, -0.2) is 0 Å². The van der Waals surface area contributed by atoms with Gasteiger partial charge in [-0.1, -0.05) is 17.7 Å². The van der Waals surface area contributed by atoms with Gasteiger partial charge in [-0.3, -0.25) is 14.6 Å². The maximum absolute atomic E-state index is 12.4. The monoisotopic (exact) mass is 303 g/mol. The van der Waals surface area contributed by atoms with Gasteiger partial charge in [0, 0.05) is 36.6 Å². The van der Waals surface area contributed by atoms with Crippen molar-refractivity contribution in [3.05, 3.63) is 41.0 Å². The first-order chi connectivity index (χ1) is 10.0. The highest BCUT2D eigenvalue weighted by atomic mass is 35.5. The van der Waals surface area contributed by atoms with E-state index in [1.807, 2.05) is 6.07 Å². The van der Waals surface area contributed by atoms with Crippen LogP contribution < -0.4 is 5.32 Å². The Balaban J connectivity index is 1.90. The number of carbonyl (C=O) groups is 2. The Labute approximate surface area is 126 Å². The summed E-state index contributed by atoms with van der Waals surface area (Å²) in [6.45, 7) is 0.524. The van der Waals surface area contributed by atoms with E-state index in [2.05, 4.69) is 10.3 Å². The molecule has 5 nitrogen and oxygen atoms in total. The lowest BCUT2D eigenvalue weighted by molar-refractivity contribution is -0.126. The number of amides is 2. The van der Waals surface area contributed by atoms with Crippen molar-refractivity contribution in [3.63, 3.8) is 0 Å². The number of halogens is 1. The van der Waals surface area contributed by atoms with Crippen molar-refractivity contribution in [2.24, 2.45) is 0 Å². The molecule has 2 heterocycles. The van der Waals surface area contributed by atoms with E-state index in [-0.39, 0.29) is 17.9 Å². The van der Waals surface area contributed by atoms with E-state index in [1.165, 1.54) is 0 Å². The maximum Gasteiger partial charge on any atom is 0.253 e. The number of nitrogens with zero attached hydrogens (tertiary/aromatic N) is 2. The Morgan fingerprint density at radius 1 is 1.48 bits per heavy atom. The minimum absolute atomic E-state index is 0.0365. The van der Waals surface area contributed by atoms with Gasteiger partial charge < -0.3 is 10.2 Å². The molecule has 2 aromatic rings. The third kappa shape index (κ3) is 2.69. The van der Waals surface area contributed by atoms with Crippen molar-refractivity contribution >= 4 is 34.3 Å². The molecule has 3 rings (SSSR count). The Morgan fingerprint density at radius 2 is 2.29 bits per heavy atom. The van der Waals surface area contributed by atoms with Crippen molar-refractivity contribution in [1.82, 2.24) is 15.2 Å². The van der Waals surface area contributed by atoms with Gasteiger partial charge in [-0.2, -0.15) is 0 Å². The van der Waals surface area contributed by atoms with E-state index in [0.29, 0.717) is 29.1 Å². The molecule has 6 heteroatoms. The molecule has 0 radical (unpaired) electrons. The first-order valence-corrected chi connectivity index (χ1v) is 7.01. The topological polar surface area (TPSA) is 62.3 Å².